The number of nitrogens with zero attached hydrogens (tertiary/aromatic N) is 1. The minimum absolute atomic E-state index is 0.0824. The van der Waals surface area contributed by atoms with E-state index in [1.807, 2.05) is 0 Å². The van der Waals surface area contributed by atoms with Crippen molar-refractivity contribution in [2.45, 2.75) is 6.42 Å². The third-order valence-electron chi connectivity index (χ3n) is 1.85. The van der Waals surface area contributed by atoms with E-state index in [2.05, 4.69) is 5.32 Å². The van der Waals surface area contributed by atoms with Crippen LogP contribution in [-0.4, -0.2) is 18.0 Å². The first-order chi connectivity index (χ1) is 7.15. The van der Waals surface area contributed by atoms with Gasteiger partial charge < -0.3 is 11.1 Å². The molecular formula is C9H12ClN3O2. The van der Waals surface area contributed by atoms with Gasteiger partial charge in [-0.1, -0.05) is 11.6 Å². The van der Waals surface area contributed by atoms with Crippen LogP contribution >= 0.6 is 11.6 Å². The number of nitro groups is 1. The molecule has 0 atom stereocenters. The Hall–Kier alpha value is -1.33. The van der Waals surface area contributed by atoms with Gasteiger partial charge in [-0.3, -0.25) is 10.1 Å². The van der Waals surface area contributed by atoms with Crippen LogP contribution in [-0.2, 0) is 0 Å². The number of benzene rings is 1. The van der Waals surface area contributed by atoms with Gasteiger partial charge in [-0.25, -0.2) is 0 Å². The van der Waals surface area contributed by atoms with Crippen molar-refractivity contribution in [2.75, 3.05) is 18.4 Å². The molecule has 6 heteroatoms. The summed E-state index contributed by atoms with van der Waals surface area (Å²) in [5, 5.41) is 13.7. The summed E-state index contributed by atoms with van der Waals surface area (Å²) < 4.78 is 0. The van der Waals surface area contributed by atoms with Crippen molar-refractivity contribution in [3.05, 3.63) is 33.3 Å². The van der Waals surface area contributed by atoms with Crippen LogP contribution in [0.25, 0.3) is 0 Å². The molecule has 0 aliphatic carbocycles. The second-order valence-corrected chi connectivity index (χ2v) is 3.40. The summed E-state index contributed by atoms with van der Waals surface area (Å²) in [5.74, 6) is 0. The van der Waals surface area contributed by atoms with Crippen molar-refractivity contribution in [1.82, 2.24) is 0 Å². The molecule has 15 heavy (non-hydrogen) atoms. The van der Waals surface area contributed by atoms with Crippen molar-refractivity contribution < 1.29 is 4.92 Å². The number of nitrogens with one attached hydrogen (secondary N) is 1. The average molecular weight is 230 g/mol. The van der Waals surface area contributed by atoms with Gasteiger partial charge >= 0.3 is 0 Å². The smallest absolute Gasteiger partial charge is 0.288 e. The summed E-state index contributed by atoms with van der Waals surface area (Å²) >= 11 is 5.73. The molecule has 82 valence electrons. The topological polar surface area (TPSA) is 81.2 Å². The van der Waals surface area contributed by atoms with E-state index in [4.69, 9.17) is 17.3 Å². The molecule has 0 aromatic heterocycles. The molecule has 5 nitrogen and oxygen atoms in total. The van der Waals surface area contributed by atoms with Crippen molar-refractivity contribution in [3.8, 4) is 0 Å². The molecule has 0 heterocycles. The van der Waals surface area contributed by atoms with Crippen LogP contribution in [0.4, 0.5) is 11.4 Å². The number of hydrogen-bond acceptors (Lipinski definition) is 4. The van der Waals surface area contributed by atoms with Crippen molar-refractivity contribution >= 4 is 23.0 Å². The third-order valence-corrected chi connectivity index (χ3v) is 2.16. The number of nitro benzene ring substituents is 1. The molecule has 0 unspecified atom stereocenters. The molecule has 3 N–H and O–H groups in total. The molecule has 1 aromatic carbocycles. The zero-order valence-corrected chi connectivity index (χ0v) is 8.83. The predicted molar refractivity (Wildman–Crippen MR) is 60.3 cm³/mol. The fourth-order valence-corrected chi connectivity index (χ4v) is 1.35. The Balaban J connectivity index is 2.69. The molecule has 0 spiro atoms. The molecule has 0 amide bonds. The predicted octanol–water partition coefficient (Wildman–Crippen LogP) is 2.01. The molecule has 0 bridgehead atoms. The normalized spacial score (nSPS) is 10.0. The maximum Gasteiger partial charge on any atom is 0.288 e. The lowest BCUT2D eigenvalue weighted by molar-refractivity contribution is -0.384. The minimum atomic E-state index is -0.508. The van der Waals surface area contributed by atoms with E-state index in [0.29, 0.717) is 6.54 Å². The molecule has 0 radical (unpaired) electrons. The van der Waals surface area contributed by atoms with Crippen LogP contribution in [0.3, 0.4) is 0 Å². The van der Waals surface area contributed by atoms with Crippen LogP contribution in [0.15, 0.2) is 18.2 Å². The fourth-order valence-electron chi connectivity index (χ4n) is 1.10. The second-order valence-electron chi connectivity index (χ2n) is 2.99. The summed E-state index contributed by atoms with van der Waals surface area (Å²) in [7, 11) is 0. The van der Waals surface area contributed by atoms with E-state index >= 15 is 0 Å². The molecule has 0 saturated heterocycles. The SMILES string of the molecule is NCCCNc1ccc([N+](=O)[O-])c(Cl)c1. The summed E-state index contributed by atoms with van der Waals surface area (Å²) in [5.41, 5.74) is 6.01. The zero-order chi connectivity index (χ0) is 11.3. The highest BCUT2D eigenvalue weighted by Gasteiger charge is 2.11. The van der Waals surface area contributed by atoms with Gasteiger partial charge in [-0.05, 0) is 25.1 Å². The van der Waals surface area contributed by atoms with Gasteiger partial charge in [-0.2, -0.15) is 0 Å². The van der Waals surface area contributed by atoms with Crippen molar-refractivity contribution in [2.24, 2.45) is 5.73 Å². The van der Waals surface area contributed by atoms with Gasteiger partial charge in [-0.15, -0.1) is 0 Å². The number of anilines is 1. The number of halogens is 1. The Bertz CT molecular complexity index is 357. The number of hydrogen-bond donors (Lipinski definition) is 2. The minimum Gasteiger partial charge on any atom is -0.385 e. The molecule has 0 aliphatic heterocycles. The lowest BCUT2D eigenvalue weighted by Crippen LogP contribution is -2.08. The molecule has 0 fully saturated rings. The zero-order valence-electron chi connectivity index (χ0n) is 8.07. The highest BCUT2D eigenvalue weighted by Crippen LogP contribution is 2.26. The Kier molecular flexibility index (Phi) is 4.33. The largest absolute Gasteiger partial charge is 0.385 e. The Morgan fingerprint density at radius 1 is 1.53 bits per heavy atom. The van der Waals surface area contributed by atoms with Gasteiger partial charge in [0.05, 0.1) is 4.92 Å². The lowest BCUT2D eigenvalue weighted by atomic mass is 10.2. The van der Waals surface area contributed by atoms with Crippen molar-refractivity contribution in [1.29, 1.82) is 0 Å². The average Bonchev–Trinajstić information content (AvgIpc) is 2.17. The van der Waals surface area contributed by atoms with Gasteiger partial charge in [0, 0.05) is 18.3 Å². The number of rotatable bonds is 5. The Morgan fingerprint density at radius 3 is 2.80 bits per heavy atom. The quantitative estimate of drug-likeness (QED) is 0.460. The van der Waals surface area contributed by atoms with Crippen LogP contribution in [0.1, 0.15) is 6.42 Å². The first kappa shape index (κ1) is 11.7. The molecular weight excluding hydrogens is 218 g/mol. The maximum atomic E-state index is 10.5. The first-order valence-electron chi connectivity index (χ1n) is 4.53. The van der Waals surface area contributed by atoms with Crippen molar-refractivity contribution in [3.63, 3.8) is 0 Å². The van der Waals surface area contributed by atoms with Gasteiger partial charge in [0.15, 0.2) is 0 Å². The molecule has 0 saturated carbocycles. The summed E-state index contributed by atoms with van der Waals surface area (Å²) in [6.45, 7) is 1.33. The highest BCUT2D eigenvalue weighted by atomic mass is 35.5. The lowest BCUT2D eigenvalue weighted by Gasteiger charge is -2.05. The highest BCUT2D eigenvalue weighted by molar-refractivity contribution is 6.32. The van der Waals surface area contributed by atoms with Crippen LogP contribution in [0.2, 0.25) is 5.02 Å². The van der Waals surface area contributed by atoms with Crippen LogP contribution in [0, 0.1) is 10.1 Å². The molecule has 1 aromatic rings. The summed E-state index contributed by atoms with van der Waals surface area (Å²) in [4.78, 5) is 9.97. The fraction of sp³-hybridized carbons (Fsp3) is 0.333. The first-order valence-corrected chi connectivity index (χ1v) is 4.91. The standard InChI is InChI=1S/C9H12ClN3O2/c10-8-6-7(12-5-1-4-11)2-3-9(8)13(14)15/h2-3,6,12H,1,4-5,11H2. The molecule has 0 aliphatic rings. The third kappa shape index (κ3) is 3.38. The summed E-state index contributed by atoms with van der Waals surface area (Å²) in [6, 6.07) is 4.55. The van der Waals surface area contributed by atoms with E-state index in [-0.39, 0.29) is 10.7 Å². The van der Waals surface area contributed by atoms with E-state index in [0.717, 1.165) is 18.7 Å². The van der Waals surface area contributed by atoms with Gasteiger partial charge in [0.2, 0.25) is 0 Å². The monoisotopic (exact) mass is 229 g/mol. The van der Waals surface area contributed by atoms with E-state index < -0.39 is 4.92 Å². The van der Waals surface area contributed by atoms with E-state index in [9.17, 15) is 10.1 Å². The van der Waals surface area contributed by atoms with Gasteiger partial charge in [0.25, 0.3) is 5.69 Å². The van der Waals surface area contributed by atoms with E-state index in [1.165, 1.54) is 12.1 Å². The number of nitrogens with two attached hydrogens (primary N) is 1. The maximum absolute atomic E-state index is 10.5. The Labute approximate surface area is 92.4 Å². The van der Waals surface area contributed by atoms with Crippen LogP contribution < -0.4 is 11.1 Å². The van der Waals surface area contributed by atoms with Crippen LogP contribution in [0.5, 0.6) is 0 Å². The van der Waals surface area contributed by atoms with Gasteiger partial charge in [0.1, 0.15) is 5.02 Å². The van der Waals surface area contributed by atoms with E-state index in [1.54, 1.807) is 6.07 Å². The second kappa shape index (κ2) is 5.53. The Morgan fingerprint density at radius 2 is 2.27 bits per heavy atom. The summed E-state index contributed by atoms with van der Waals surface area (Å²) in [6.07, 6.45) is 0.842. The molecule has 1 rings (SSSR count).